The second kappa shape index (κ2) is 14.8. The maximum atomic E-state index is 14.4. The van der Waals surface area contributed by atoms with Gasteiger partial charge >= 0.3 is 11.9 Å². The Labute approximate surface area is 274 Å². The van der Waals surface area contributed by atoms with E-state index in [9.17, 15) is 18.8 Å². The molecule has 2 unspecified atom stereocenters. The van der Waals surface area contributed by atoms with Gasteiger partial charge in [0.2, 0.25) is 0 Å². The number of rotatable bonds is 7. The van der Waals surface area contributed by atoms with Crippen LogP contribution in [0.15, 0.2) is 24.8 Å². The normalized spacial score (nSPS) is 15.7. The number of hydrogen-bond acceptors (Lipinski definition) is 8. The number of carbonyl (C=O) groups is 3. The average molecular weight is 751 g/mol. The molecule has 3 aliphatic rings. The van der Waals surface area contributed by atoms with Crippen LogP contribution in [0.5, 0.6) is 0 Å². The molecule has 11 nitrogen and oxygen atoms in total. The van der Waals surface area contributed by atoms with Gasteiger partial charge in [-0.05, 0) is 74.3 Å². The molecule has 6 rings (SSSR count). The lowest BCUT2D eigenvalue weighted by Crippen LogP contribution is -2.36. The topological polar surface area (TPSA) is 135 Å². The number of aryl methyl sites for hydroxylation is 2. The number of halogens is 4. The predicted molar refractivity (Wildman–Crippen MR) is 168 cm³/mol. The predicted octanol–water partition coefficient (Wildman–Crippen LogP) is 4.07. The van der Waals surface area contributed by atoms with Gasteiger partial charge in [0.1, 0.15) is 11.9 Å². The molecule has 0 spiro atoms. The third kappa shape index (κ3) is 6.84. The van der Waals surface area contributed by atoms with E-state index >= 15 is 0 Å². The molecule has 234 valence electrons. The molecule has 5 heterocycles. The summed E-state index contributed by atoms with van der Waals surface area (Å²) in [5.41, 5.74) is 9.65. The second-order valence-corrected chi connectivity index (χ2v) is 11.2. The number of esters is 2. The Morgan fingerprint density at radius 3 is 2.14 bits per heavy atom. The second-order valence-electron chi connectivity index (χ2n) is 9.98. The fraction of sp³-hybridized carbons (Fsp3) is 0.464. The molecule has 0 saturated carbocycles. The number of fused-ring (bicyclic) bond motifs is 3. The summed E-state index contributed by atoms with van der Waals surface area (Å²) >= 11 is 1.98. The van der Waals surface area contributed by atoms with Gasteiger partial charge < -0.3 is 29.2 Å². The van der Waals surface area contributed by atoms with Crippen LogP contribution in [0.25, 0.3) is 0 Å². The molecule has 2 aromatic heterocycles. The summed E-state index contributed by atoms with van der Waals surface area (Å²) in [4.78, 5) is 47.1. The van der Waals surface area contributed by atoms with Crippen molar-refractivity contribution in [1.82, 2.24) is 24.0 Å². The average Bonchev–Trinajstić information content (AvgIpc) is 3.74. The number of imidazole rings is 2. The molecule has 1 aromatic carbocycles. The van der Waals surface area contributed by atoms with Crippen molar-refractivity contribution >= 4 is 65.3 Å². The fourth-order valence-electron chi connectivity index (χ4n) is 5.61. The first kappa shape index (κ1) is 34.7. The molecule has 1 amide bonds. The maximum absolute atomic E-state index is 14.4. The molecule has 2 N–H and O–H groups in total. The number of hydrogen-bond donors (Lipinski definition) is 1. The minimum atomic E-state index is -0.957. The van der Waals surface area contributed by atoms with Gasteiger partial charge in [0.15, 0.2) is 6.04 Å². The summed E-state index contributed by atoms with van der Waals surface area (Å²) in [5, 5.41) is 0. The van der Waals surface area contributed by atoms with Crippen molar-refractivity contribution in [3.63, 3.8) is 0 Å². The van der Waals surface area contributed by atoms with Crippen molar-refractivity contribution in [2.45, 2.75) is 71.2 Å². The molecule has 43 heavy (non-hydrogen) atoms. The van der Waals surface area contributed by atoms with Gasteiger partial charge in [0, 0.05) is 39.2 Å². The van der Waals surface area contributed by atoms with Crippen LogP contribution in [0.3, 0.4) is 0 Å². The molecule has 0 fully saturated rings. The Kier molecular flexibility index (Phi) is 12.0. The molecule has 0 aliphatic carbocycles. The highest BCUT2D eigenvalue weighted by Gasteiger charge is 2.42. The third-order valence-electron chi connectivity index (χ3n) is 7.48. The molecule has 0 radical (unpaired) electrons. The number of benzene rings is 1. The molecule has 0 bridgehead atoms. The highest BCUT2D eigenvalue weighted by Crippen LogP contribution is 2.36. The number of carbonyl (C=O) groups excluding carboxylic acids is 3. The number of aromatic nitrogens is 4. The summed E-state index contributed by atoms with van der Waals surface area (Å²) in [6, 6.07) is 1.35. The lowest BCUT2D eigenvalue weighted by molar-refractivity contribution is -0.149. The van der Waals surface area contributed by atoms with Crippen LogP contribution in [-0.4, -0.2) is 55.1 Å². The van der Waals surface area contributed by atoms with Crippen molar-refractivity contribution in [1.29, 1.82) is 0 Å². The Morgan fingerprint density at radius 2 is 1.53 bits per heavy atom. The zero-order valence-electron chi connectivity index (χ0n) is 23.8. The van der Waals surface area contributed by atoms with Crippen LogP contribution in [-0.2, 0) is 51.5 Å². The van der Waals surface area contributed by atoms with E-state index in [1.54, 1.807) is 32.6 Å². The molecule has 2 atom stereocenters. The van der Waals surface area contributed by atoms with Crippen LogP contribution >= 0.6 is 47.4 Å². The van der Waals surface area contributed by atoms with Crippen LogP contribution in [0, 0.1) is 9.39 Å². The summed E-state index contributed by atoms with van der Waals surface area (Å²) < 4.78 is 29.1. The van der Waals surface area contributed by atoms with E-state index in [-0.39, 0.29) is 43.9 Å². The minimum Gasteiger partial charge on any atom is -0.465 e. The largest absolute Gasteiger partial charge is 0.465 e. The van der Waals surface area contributed by atoms with Gasteiger partial charge in [-0.2, -0.15) is 0 Å². The van der Waals surface area contributed by atoms with Crippen LogP contribution in [0.2, 0.25) is 0 Å². The summed E-state index contributed by atoms with van der Waals surface area (Å²) in [6.45, 7) is 5.88. The minimum absolute atomic E-state index is 0. The van der Waals surface area contributed by atoms with Crippen LogP contribution < -0.4 is 5.73 Å². The highest BCUT2D eigenvalue weighted by atomic mass is 127. The Morgan fingerprint density at radius 1 is 0.977 bits per heavy atom. The molecule has 3 aromatic rings. The van der Waals surface area contributed by atoms with Crippen molar-refractivity contribution in [3.8, 4) is 0 Å². The smallest absolute Gasteiger partial charge is 0.335 e. The lowest BCUT2D eigenvalue weighted by atomic mass is 10.1. The number of amides is 1. The first-order valence-electron chi connectivity index (χ1n) is 13.7. The summed E-state index contributed by atoms with van der Waals surface area (Å²) in [6.07, 6.45) is 7.26. The molecule has 15 heteroatoms. The van der Waals surface area contributed by atoms with Crippen LogP contribution in [0.4, 0.5) is 4.39 Å². The van der Waals surface area contributed by atoms with Crippen molar-refractivity contribution < 1.29 is 28.2 Å². The zero-order chi connectivity index (χ0) is 29.3. The van der Waals surface area contributed by atoms with Gasteiger partial charge in [-0.15, -0.1) is 24.8 Å². The van der Waals surface area contributed by atoms with E-state index in [2.05, 4.69) is 14.5 Å². The molecule has 0 saturated heterocycles. The monoisotopic (exact) mass is 750 g/mol. The maximum Gasteiger partial charge on any atom is 0.335 e. The van der Waals surface area contributed by atoms with E-state index in [0.717, 1.165) is 50.2 Å². The van der Waals surface area contributed by atoms with E-state index in [0.29, 0.717) is 32.7 Å². The number of ether oxygens (including phenoxy) is 2. The Hall–Kier alpha value is -2.75. The number of nitrogens with zero attached hydrogens (tertiary/aromatic N) is 5. The van der Waals surface area contributed by atoms with Crippen molar-refractivity contribution in [2.24, 2.45) is 5.73 Å². The van der Waals surface area contributed by atoms with Crippen molar-refractivity contribution in [2.75, 3.05) is 13.2 Å². The van der Waals surface area contributed by atoms with Gasteiger partial charge in [-0.1, -0.05) is 0 Å². The zero-order valence-corrected chi connectivity index (χ0v) is 27.5. The van der Waals surface area contributed by atoms with Gasteiger partial charge in [0.05, 0.1) is 43.8 Å². The fourth-order valence-corrected chi connectivity index (χ4v) is 6.19. The Bertz CT molecular complexity index is 1500. The summed E-state index contributed by atoms with van der Waals surface area (Å²) in [5.74, 6) is -1.72. The van der Waals surface area contributed by atoms with E-state index < -0.39 is 29.8 Å². The highest BCUT2D eigenvalue weighted by molar-refractivity contribution is 14.1. The molecular formula is C28H34Cl2FIN6O5. The van der Waals surface area contributed by atoms with E-state index in [4.69, 9.17) is 15.2 Å². The first-order valence-corrected chi connectivity index (χ1v) is 14.8. The third-order valence-corrected chi connectivity index (χ3v) is 8.10. The van der Waals surface area contributed by atoms with Crippen LogP contribution in [0.1, 0.15) is 77.5 Å². The number of nitrogens with two attached hydrogens (primary N) is 1. The quantitative estimate of drug-likeness (QED) is 0.282. The standard InChI is InChI=1S/C18H17FIN3O3.C10H15N3O2.2ClH/c1-2-26-18(25)16(15-14-4-3-5-22(14)9-21-15)23-8-12-11(17(23)24)6-10(20)7-13(12)19;1-2-15-10(14)8(11)9-7-4-3-5-13(7)6-12-9;;/h6-7,9,16H,2-5,8H2,1H3;6,8H,2-5,11H2,1H3;2*1H. The lowest BCUT2D eigenvalue weighted by Gasteiger charge is -2.25. The Balaban J connectivity index is 0.000000256. The van der Waals surface area contributed by atoms with Gasteiger partial charge in [0.25, 0.3) is 5.91 Å². The molecule has 3 aliphatic heterocycles. The van der Waals surface area contributed by atoms with E-state index in [1.165, 1.54) is 11.0 Å². The SMILES string of the molecule is CCOC(=O)C(N)c1ncn2c1CCC2.CCOC(=O)C(c1ncn2c1CCC2)N1Cc2c(F)cc(I)cc2C1=O.Cl.Cl. The van der Waals surface area contributed by atoms with Crippen molar-refractivity contribution in [3.05, 3.63) is 68.1 Å². The van der Waals surface area contributed by atoms with Gasteiger partial charge in [-0.25, -0.2) is 23.9 Å². The molecular weight excluding hydrogens is 717 g/mol. The first-order chi connectivity index (χ1) is 19.7. The van der Waals surface area contributed by atoms with E-state index in [1.807, 2.05) is 27.2 Å². The van der Waals surface area contributed by atoms with Gasteiger partial charge in [-0.3, -0.25) is 4.79 Å². The summed E-state index contributed by atoms with van der Waals surface area (Å²) in [7, 11) is 0.